The summed E-state index contributed by atoms with van der Waals surface area (Å²) >= 11 is 0. The summed E-state index contributed by atoms with van der Waals surface area (Å²) in [6.45, 7) is 5.36. The van der Waals surface area contributed by atoms with E-state index in [-0.39, 0.29) is 12.0 Å². The summed E-state index contributed by atoms with van der Waals surface area (Å²) in [6, 6.07) is 12.0. The van der Waals surface area contributed by atoms with Gasteiger partial charge in [-0.1, -0.05) is 6.07 Å². The minimum atomic E-state index is -0.405. The van der Waals surface area contributed by atoms with Crippen molar-refractivity contribution in [3.8, 4) is 11.5 Å². The molecule has 7 nitrogen and oxygen atoms in total. The minimum Gasteiger partial charge on any atom is -0.493 e. The van der Waals surface area contributed by atoms with E-state index in [1.54, 1.807) is 77.5 Å². The van der Waals surface area contributed by atoms with E-state index in [0.717, 1.165) is 5.56 Å². The maximum atomic E-state index is 13.0. The highest BCUT2D eigenvalue weighted by molar-refractivity contribution is 6.32. The van der Waals surface area contributed by atoms with Gasteiger partial charge < -0.3 is 14.2 Å². The Bertz CT molecular complexity index is 1020. The van der Waals surface area contributed by atoms with Gasteiger partial charge in [-0.2, -0.15) is 10.1 Å². The quantitative estimate of drug-likeness (QED) is 0.532. The number of hydrazone groups is 1. The summed E-state index contributed by atoms with van der Waals surface area (Å²) in [5, 5.41) is 5.70. The molecule has 1 heterocycles. The number of benzene rings is 2. The maximum Gasteiger partial charge on any atom is 0.338 e. The zero-order valence-electron chi connectivity index (χ0n) is 17.6. The summed E-state index contributed by atoms with van der Waals surface area (Å²) in [5.41, 5.74) is 2.85. The topological polar surface area (TPSA) is 77.4 Å². The van der Waals surface area contributed by atoms with Crippen molar-refractivity contribution in [1.82, 2.24) is 0 Å². The Hall–Kier alpha value is -3.61. The largest absolute Gasteiger partial charge is 0.493 e. The molecule has 0 bridgehead atoms. The summed E-state index contributed by atoms with van der Waals surface area (Å²) in [7, 11) is 3.13. The van der Waals surface area contributed by atoms with E-state index < -0.39 is 5.97 Å². The third kappa shape index (κ3) is 4.35. The molecule has 0 saturated carbocycles. The molecule has 0 atom stereocenters. The fraction of sp³-hybridized carbons (Fsp3) is 0.261. The van der Waals surface area contributed by atoms with Gasteiger partial charge in [-0.3, -0.25) is 4.79 Å². The van der Waals surface area contributed by atoms with Gasteiger partial charge in [-0.25, -0.2) is 4.79 Å². The number of anilines is 1. The Kier molecular flexibility index (Phi) is 6.20. The lowest BCUT2D eigenvalue weighted by molar-refractivity contribution is -0.114. The van der Waals surface area contributed by atoms with Crippen molar-refractivity contribution in [2.75, 3.05) is 19.2 Å². The summed E-state index contributed by atoms with van der Waals surface area (Å²) in [5.74, 6) is 0.533. The molecule has 2 aromatic rings. The first-order chi connectivity index (χ1) is 14.3. The van der Waals surface area contributed by atoms with Gasteiger partial charge in [0.25, 0.3) is 5.91 Å². The standard InChI is InChI=1S/C23H24N2O5/c1-14(2)30-23(27)17-7-9-18(10-8-17)25-22(26)19(15(3)24-25)12-16-6-11-20(28-4)21(13-16)29-5/h6-14H,1-5H3/b19-12+. The first kappa shape index (κ1) is 21.1. The lowest BCUT2D eigenvalue weighted by Crippen LogP contribution is -2.21. The molecule has 0 aromatic heterocycles. The lowest BCUT2D eigenvalue weighted by atomic mass is 10.1. The number of amides is 1. The molecule has 1 amide bonds. The van der Waals surface area contributed by atoms with Crippen molar-refractivity contribution in [2.24, 2.45) is 5.10 Å². The molecule has 156 valence electrons. The van der Waals surface area contributed by atoms with Crippen molar-refractivity contribution >= 4 is 29.4 Å². The second-order valence-corrected chi connectivity index (χ2v) is 6.98. The van der Waals surface area contributed by atoms with Gasteiger partial charge in [-0.15, -0.1) is 0 Å². The SMILES string of the molecule is COc1ccc(/C=C2/C(=O)N(c3ccc(C(=O)OC(C)C)cc3)N=C2C)cc1OC. The lowest BCUT2D eigenvalue weighted by Gasteiger charge is -2.13. The zero-order chi connectivity index (χ0) is 21.8. The van der Waals surface area contributed by atoms with Crippen molar-refractivity contribution in [3.63, 3.8) is 0 Å². The molecule has 0 N–H and O–H groups in total. The Morgan fingerprint density at radius 2 is 1.70 bits per heavy atom. The Morgan fingerprint density at radius 1 is 1.03 bits per heavy atom. The van der Waals surface area contributed by atoms with Gasteiger partial charge in [-0.05, 0) is 68.8 Å². The monoisotopic (exact) mass is 408 g/mol. The van der Waals surface area contributed by atoms with E-state index in [0.29, 0.717) is 34.0 Å². The second-order valence-electron chi connectivity index (χ2n) is 6.98. The molecule has 7 heteroatoms. The second kappa shape index (κ2) is 8.82. The molecule has 1 aliphatic rings. The molecular weight excluding hydrogens is 384 g/mol. The Labute approximate surface area is 175 Å². The van der Waals surface area contributed by atoms with Crippen LogP contribution < -0.4 is 14.5 Å². The van der Waals surface area contributed by atoms with Gasteiger partial charge in [0.2, 0.25) is 0 Å². The van der Waals surface area contributed by atoms with E-state index in [9.17, 15) is 9.59 Å². The number of hydrogen-bond acceptors (Lipinski definition) is 6. The van der Waals surface area contributed by atoms with E-state index in [4.69, 9.17) is 14.2 Å². The van der Waals surface area contributed by atoms with Crippen LogP contribution in [0.25, 0.3) is 6.08 Å². The minimum absolute atomic E-state index is 0.200. The van der Waals surface area contributed by atoms with Crippen LogP contribution in [0.15, 0.2) is 53.1 Å². The average Bonchev–Trinajstić information content (AvgIpc) is 3.01. The average molecular weight is 408 g/mol. The molecule has 30 heavy (non-hydrogen) atoms. The normalized spacial score (nSPS) is 14.9. The smallest absolute Gasteiger partial charge is 0.338 e. The zero-order valence-corrected chi connectivity index (χ0v) is 17.6. The number of nitrogens with zero attached hydrogens (tertiary/aromatic N) is 2. The highest BCUT2D eigenvalue weighted by Gasteiger charge is 2.29. The van der Waals surface area contributed by atoms with E-state index >= 15 is 0 Å². The van der Waals surface area contributed by atoms with Crippen molar-refractivity contribution in [3.05, 3.63) is 59.2 Å². The molecule has 0 fully saturated rings. The Balaban J connectivity index is 1.83. The van der Waals surface area contributed by atoms with E-state index in [1.807, 2.05) is 6.07 Å². The maximum absolute atomic E-state index is 13.0. The number of carbonyl (C=O) groups is 2. The predicted molar refractivity (Wildman–Crippen MR) is 115 cm³/mol. The predicted octanol–water partition coefficient (Wildman–Crippen LogP) is 4.08. The molecule has 0 spiro atoms. The van der Waals surface area contributed by atoms with Crippen LogP contribution in [-0.4, -0.2) is 37.9 Å². The molecule has 0 unspecified atom stereocenters. The molecule has 0 radical (unpaired) electrons. The third-order valence-corrected chi connectivity index (χ3v) is 4.47. The molecule has 1 aliphatic heterocycles. The van der Waals surface area contributed by atoms with Gasteiger partial charge in [0.15, 0.2) is 11.5 Å². The third-order valence-electron chi connectivity index (χ3n) is 4.47. The van der Waals surface area contributed by atoms with Crippen LogP contribution >= 0.6 is 0 Å². The molecular formula is C23H24N2O5. The fourth-order valence-electron chi connectivity index (χ4n) is 2.99. The first-order valence-electron chi connectivity index (χ1n) is 9.49. The molecule has 3 rings (SSSR count). The van der Waals surface area contributed by atoms with Crippen molar-refractivity contribution in [2.45, 2.75) is 26.9 Å². The highest BCUT2D eigenvalue weighted by Crippen LogP contribution is 2.30. The number of methoxy groups -OCH3 is 2. The summed E-state index contributed by atoms with van der Waals surface area (Å²) in [6.07, 6.45) is 1.56. The van der Waals surface area contributed by atoms with Crippen LogP contribution in [0.3, 0.4) is 0 Å². The van der Waals surface area contributed by atoms with Crippen LogP contribution in [0.5, 0.6) is 11.5 Å². The molecule has 0 aliphatic carbocycles. The van der Waals surface area contributed by atoms with Gasteiger partial charge >= 0.3 is 5.97 Å². The number of esters is 1. The summed E-state index contributed by atoms with van der Waals surface area (Å²) in [4.78, 5) is 25.0. The number of hydrogen-bond donors (Lipinski definition) is 0. The van der Waals surface area contributed by atoms with Crippen molar-refractivity contribution < 1.29 is 23.8 Å². The van der Waals surface area contributed by atoms with E-state index in [1.165, 1.54) is 5.01 Å². The van der Waals surface area contributed by atoms with Crippen LogP contribution in [0, 0.1) is 0 Å². The van der Waals surface area contributed by atoms with E-state index in [2.05, 4.69) is 5.10 Å². The first-order valence-corrected chi connectivity index (χ1v) is 9.49. The van der Waals surface area contributed by atoms with Gasteiger partial charge in [0.05, 0.1) is 42.9 Å². The Morgan fingerprint density at radius 3 is 2.30 bits per heavy atom. The number of ether oxygens (including phenoxy) is 3. The van der Waals surface area contributed by atoms with Crippen LogP contribution in [0.1, 0.15) is 36.7 Å². The molecule has 0 saturated heterocycles. The van der Waals surface area contributed by atoms with Gasteiger partial charge in [0, 0.05) is 0 Å². The van der Waals surface area contributed by atoms with Crippen LogP contribution in [0.2, 0.25) is 0 Å². The molecule has 2 aromatic carbocycles. The van der Waals surface area contributed by atoms with Gasteiger partial charge in [0.1, 0.15) is 0 Å². The fourth-order valence-corrected chi connectivity index (χ4v) is 2.99. The van der Waals surface area contributed by atoms with Crippen LogP contribution in [-0.2, 0) is 9.53 Å². The van der Waals surface area contributed by atoms with Crippen molar-refractivity contribution in [1.29, 1.82) is 0 Å². The summed E-state index contributed by atoms with van der Waals surface area (Å²) < 4.78 is 15.8. The highest BCUT2D eigenvalue weighted by atomic mass is 16.5. The number of rotatable bonds is 6. The number of carbonyl (C=O) groups excluding carboxylic acids is 2. The van der Waals surface area contributed by atoms with Crippen LogP contribution in [0.4, 0.5) is 5.69 Å².